The first-order valence-corrected chi connectivity index (χ1v) is 5.96. The van der Waals surface area contributed by atoms with Crippen molar-refractivity contribution in [3.05, 3.63) is 65.9 Å². The number of hydrogen-bond donors (Lipinski definition) is 0. The lowest BCUT2D eigenvalue weighted by Gasteiger charge is -2.08. The van der Waals surface area contributed by atoms with Crippen LogP contribution in [0.15, 0.2) is 48.7 Å². The molecule has 0 aromatic heterocycles. The van der Waals surface area contributed by atoms with Crippen LogP contribution in [0.4, 0.5) is 8.78 Å². The topological polar surface area (TPSA) is 9.23 Å². The van der Waals surface area contributed by atoms with Crippen LogP contribution in [-0.2, 0) is 0 Å². The van der Waals surface area contributed by atoms with E-state index < -0.39 is 11.6 Å². The van der Waals surface area contributed by atoms with Crippen LogP contribution >= 0.6 is 0 Å². The molecule has 0 heterocycles. The van der Waals surface area contributed by atoms with Gasteiger partial charge in [0, 0.05) is 5.56 Å². The average Bonchev–Trinajstić information content (AvgIpc) is 2.42. The van der Waals surface area contributed by atoms with E-state index >= 15 is 0 Å². The number of allylic oxidation sites excluding steroid dienone is 1. The smallest absolute Gasteiger partial charge is 0.201 e. The molecule has 0 spiro atoms. The molecule has 0 fully saturated rings. The second-order valence-electron chi connectivity index (χ2n) is 4.19. The van der Waals surface area contributed by atoms with Crippen LogP contribution in [0.3, 0.4) is 0 Å². The molecule has 19 heavy (non-hydrogen) atoms. The maximum atomic E-state index is 14.0. The predicted molar refractivity (Wildman–Crippen MR) is 72.0 cm³/mol. The van der Waals surface area contributed by atoms with Crippen molar-refractivity contribution in [2.45, 2.75) is 13.8 Å². The van der Waals surface area contributed by atoms with Gasteiger partial charge in [-0.25, -0.2) is 4.39 Å². The summed E-state index contributed by atoms with van der Waals surface area (Å²) in [4.78, 5) is 0. The van der Waals surface area contributed by atoms with E-state index in [0.29, 0.717) is 5.56 Å². The molecular weight excluding hydrogens is 246 g/mol. The molecule has 2 aromatic rings. The summed E-state index contributed by atoms with van der Waals surface area (Å²) in [5.41, 5.74) is 1.93. The van der Waals surface area contributed by atoms with Crippen LogP contribution in [0.2, 0.25) is 0 Å². The standard InChI is InChI=1S/C16H14F2O/c1-3-10-19-14-9-8-13(15(17)16(14)18)12-6-4-11(2)5-7-12/h3-10H,1-2H3. The van der Waals surface area contributed by atoms with Gasteiger partial charge < -0.3 is 4.74 Å². The van der Waals surface area contributed by atoms with Gasteiger partial charge in [-0.1, -0.05) is 35.9 Å². The number of aryl methyl sites for hydroxylation is 1. The first-order valence-electron chi connectivity index (χ1n) is 5.96. The number of rotatable bonds is 3. The minimum Gasteiger partial charge on any atom is -0.462 e. The minimum atomic E-state index is -0.976. The Morgan fingerprint density at radius 1 is 0.947 bits per heavy atom. The van der Waals surface area contributed by atoms with Crippen molar-refractivity contribution in [3.8, 4) is 16.9 Å². The molecular formula is C16H14F2O. The van der Waals surface area contributed by atoms with Gasteiger partial charge in [-0.3, -0.25) is 0 Å². The van der Waals surface area contributed by atoms with Gasteiger partial charge in [0.2, 0.25) is 5.82 Å². The number of hydrogen-bond acceptors (Lipinski definition) is 1. The highest BCUT2D eigenvalue weighted by Gasteiger charge is 2.15. The predicted octanol–water partition coefficient (Wildman–Crippen LogP) is 4.85. The van der Waals surface area contributed by atoms with Crippen molar-refractivity contribution >= 4 is 0 Å². The van der Waals surface area contributed by atoms with Crippen molar-refractivity contribution in [1.29, 1.82) is 0 Å². The van der Waals surface area contributed by atoms with Crippen molar-refractivity contribution < 1.29 is 13.5 Å². The molecule has 0 aliphatic rings. The van der Waals surface area contributed by atoms with E-state index in [1.807, 2.05) is 19.1 Å². The zero-order valence-corrected chi connectivity index (χ0v) is 10.8. The molecule has 0 aliphatic heterocycles. The molecule has 0 N–H and O–H groups in total. The Balaban J connectivity index is 2.43. The second-order valence-corrected chi connectivity index (χ2v) is 4.19. The van der Waals surface area contributed by atoms with Crippen LogP contribution in [0.25, 0.3) is 11.1 Å². The lowest BCUT2D eigenvalue weighted by molar-refractivity contribution is 0.415. The van der Waals surface area contributed by atoms with E-state index in [9.17, 15) is 8.78 Å². The van der Waals surface area contributed by atoms with Crippen LogP contribution < -0.4 is 4.74 Å². The van der Waals surface area contributed by atoms with Gasteiger partial charge in [0.15, 0.2) is 11.6 Å². The molecule has 0 unspecified atom stereocenters. The Labute approximate surface area is 111 Å². The fraction of sp³-hybridized carbons (Fsp3) is 0.125. The zero-order chi connectivity index (χ0) is 13.8. The van der Waals surface area contributed by atoms with E-state index in [2.05, 4.69) is 0 Å². The van der Waals surface area contributed by atoms with Crippen LogP contribution in [0.5, 0.6) is 5.75 Å². The van der Waals surface area contributed by atoms with Crippen LogP contribution in [0.1, 0.15) is 12.5 Å². The molecule has 1 nitrogen and oxygen atoms in total. The summed E-state index contributed by atoms with van der Waals surface area (Å²) in [6, 6.07) is 10.2. The molecule has 0 saturated heterocycles. The van der Waals surface area contributed by atoms with E-state index in [0.717, 1.165) is 5.56 Å². The number of benzene rings is 2. The molecule has 0 atom stereocenters. The summed E-state index contributed by atoms with van der Waals surface area (Å²) in [6.45, 7) is 3.67. The quantitative estimate of drug-likeness (QED) is 0.716. The largest absolute Gasteiger partial charge is 0.462 e. The first-order chi connectivity index (χ1) is 9.13. The molecule has 98 valence electrons. The van der Waals surface area contributed by atoms with Crippen molar-refractivity contribution in [3.63, 3.8) is 0 Å². The van der Waals surface area contributed by atoms with Gasteiger partial charge >= 0.3 is 0 Å². The molecule has 2 rings (SSSR count). The lowest BCUT2D eigenvalue weighted by atomic mass is 10.0. The van der Waals surface area contributed by atoms with Gasteiger partial charge in [-0.05, 0) is 31.5 Å². The van der Waals surface area contributed by atoms with Gasteiger partial charge in [-0.15, -0.1) is 0 Å². The van der Waals surface area contributed by atoms with Crippen LogP contribution in [0, 0.1) is 18.6 Å². The third kappa shape index (κ3) is 2.81. The number of ether oxygens (including phenoxy) is 1. The Kier molecular flexibility index (Phi) is 3.95. The molecule has 0 amide bonds. The monoisotopic (exact) mass is 260 g/mol. The first kappa shape index (κ1) is 13.3. The summed E-state index contributed by atoms with van der Waals surface area (Å²) in [5, 5.41) is 0. The van der Waals surface area contributed by atoms with Crippen molar-refractivity contribution in [2.75, 3.05) is 0 Å². The fourth-order valence-electron chi connectivity index (χ4n) is 1.72. The maximum Gasteiger partial charge on any atom is 0.201 e. The summed E-state index contributed by atoms with van der Waals surface area (Å²) < 4.78 is 32.8. The minimum absolute atomic E-state index is 0.119. The Bertz CT molecular complexity index is 601. The summed E-state index contributed by atoms with van der Waals surface area (Å²) in [5.74, 6) is -1.99. The molecule has 0 radical (unpaired) electrons. The third-order valence-electron chi connectivity index (χ3n) is 2.74. The van der Waals surface area contributed by atoms with Gasteiger partial charge in [0.05, 0.1) is 6.26 Å². The Morgan fingerprint density at radius 2 is 1.63 bits per heavy atom. The fourth-order valence-corrected chi connectivity index (χ4v) is 1.72. The average molecular weight is 260 g/mol. The molecule has 3 heteroatoms. The second kappa shape index (κ2) is 5.65. The van der Waals surface area contributed by atoms with E-state index in [-0.39, 0.29) is 11.3 Å². The van der Waals surface area contributed by atoms with Crippen LogP contribution in [-0.4, -0.2) is 0 Å². The highest BCUT2D eigenvalue weighted by Crippen LogP contribution is 2.30. The summed E-state index contributed by atoms with van der Waals surface area (Å²) in [6.07, 6.45) is 2.91. The number of halogens is 2. The molecule has 0 saturated carbocycles. The zero-order valence-electron chi connectivity index (χ0n) is 10.8. The maximum absolute atomic E-state index is 14.0. The van der Waals surface area contributed by atoms with Gasteiger partial charge in [0.25, 0.3) is 0 Å². The molecule has 2 aromatic carbocycles. The lowest BCUT2D eigenvalue weighted by Crippen LogP contribution is -1.94. The van der Waals surface area contributed by atoms with E-state index in [1.54, 1.807) is 25.1 Å². The van der Waals surface area contributed by atoms with Gasteiger partial charge in [-0.2, -0.15) is 4.39 Å². The third-order valence-corrected chi connectivity index (χ3v) is 2.74. The molecule has 0 bridgehead atoms. The summed E-state index contributed by atoms with van der Waals surface area (Å²) in [7, 11) is 0. The van der Waals surface area contributed by atoms with E-state index in [1.165, 1.54) is 18.4 Å². The van der Waals surface area contributed by atoms with Gasteiger partial charge in [0.1, 0.15) is 0 Å². The SMILES string of the molecule is CC=COc1ccc(-c2ccc(C)cc2)c(F)c1F. The highest BCUT2D eigenvalue weighted by atomic mass is 19.2. The van der Waals surface area contributed by atoms with Crippen molar-refractivity contribution in [2.24, 2.45) is 0 Å². The van der Waals surface area contributed by atoms with Crippen molar-refractivity contribution in [1.82, 2.24) is 0 Å². The highest BCUT2D eigenvalue weighted by molar-refractivity contribution is 5.65. The Hall–Kier alpha value is -2.16. The Morgan fingerprint density at radius 3 is 2.26 bits per heavy atom. The van der Waals surface area contributed by atoms with E-state index in [4.69, 9.17) is 4.74 Å². The molecule has 0 aliphatic carbocycles. The normalized spacial score (nSPS) is 10.9. The summed E-state index contributed by atoms with van der Waals surface area (Å²) >= 11 is 0.